The summed E-state index contributed by atoms with van der Waals surface area (Å²) in [4.78, 5) is 2.42. The van der Waals surface area contributed by atoms with Crippen LogP contribution in [0.2, 0.25) is 0 Å². The quantitative estimate of drug-likeness (QED) is 0.703. The zero-order chi connectivity index (χ0) is 15.9. The Morgan fingerprint density at radius 1 is 1.10 bits per heavy atom. The molecule has 1 aromatic rings. The van der Waals surface area contributed by atoms with Gasteiger partial charge in [-0.05, 0) is 64.0 Å². The van der Waals surface area contributed by atoms with Crippen molar-refractivity contribution >= 4 is 15.9 Å². The molecule has 0 aliphatic rings. The first-order valence-corrected chi connectivity index (χ1v) is 8.94. The molecule has 0 fully saturated rings. The summed E-state index contributed by atoms with van der Waals surface area (Å²) in [6.07, 6.45) is 4.57. The summed E-state index contributed by atoms with van der Waals surface area (Å²) in [5.41, 5.74) is 1.61. The van der Waals surface area contributed by atoms with Gasteiger partial charge < -0.3 is 10.2 Å². The van der Waals surface area contributed by atoms with Crippen LogP contribution in [-0.4, -0.2) is 37.1 Å². The van der Waals surface area contributed by atoms with Crippen LogP contribution in [-0.2, 0) is 6.42 Å². The van der Waals surface area contributed by atoms with Crippen molar-refractivity contribution in [3.8, 4) is 0 Å². The molecule has 0 saturated carbocycles. The maximum atomic E-state index is 3.80. The Labute approximate surface area is 139 Å². The molecule has 0 bridgehead atoms. The zero-order valence-corrected chi connectivity index (χ0v) is 15.8. The number of benzene rings is 1. The zero-order valence-electron chi connectivity index (χ0n) is 14.2. The molecule has 0 saturated heterocycles. The van der Waals surface area contributed by atoms with Crippen molar-refractivity contribution in [2.24, 2.45) is 0 Å². The van der Waals surface area contributed by atoms with Gasteiger partial charge in [0, 0.05) is 16.1 Å². The third kappa shape index (κ3) is 4.80. The Morgan fingerprint density at radius 2 is 1.67 bits per heavy atom. The van der Waals surface area contributed by atoms with E-state index in [9.17, 15) is 0 Å². The summed E-state index contributed by atoms with van der Waals surface area (Å²) in [7, 11) is 4.43. The van der Waals surface area contributed by atoms with Gasteiger partial charge in [0.1, 0.15) is 0 Å². The molecule has 0 aliphatic carbocycles. The van der Waals surface area contributed by atoms with Crippen molar-refractivity contribution < 1.29 is 0 Å². The van der Waals surface area contributed by atoms with Crippen molar-refractivity contribution in [1.29, 1.82) is 0 Å². The van der Waals surface area contributed by atoms with Crippen LogP contribution in [0.25, 0.3) is 0 Å². The fourth-order valence-corrected chi connectivity index (χ4v) is 3.58. The Hall–Kier alpha value is -0.380. The Bertz CT molecular complexity index is 396. The number of nitrogens with zero attached hydrogens (tertiary/aromatic N) is 1. The van der Waals surface area contributed by atoms with Crippen LogP contribution in [0.15, 0.2) is 28.7 Å². The summed E-state index contributed by atoms with van der Waals surface area (Å²) in [6.45, 7) is 7.94. The van der Waals surface area contributed by atoms with Crippen LogP contribution in [0.4, 0.5) is 0 Å². The second-order valence-electron chi connectivity index (χ2n) is 6.04. The minimum atomic E-state index is 0.211. The van der Waals surface area contributed by atoms with Crippen LogP contribution in [0, 0.1) is 0 Å². The van der Waals surface area contributed by atoms with E-state index in [0.29, 0.717) is 6.04 Å². The van der Waals surface area contributed by atoms with Gasteiger partial charge in [0.2, 0.25) is 0 Å². The normalized spacial score (nSPS) is 13.7. The first-order chi connectivity index (χ1) is 10.00. The van der Waals surface area contributed by atoms with Gasteiger partial charge in [-0.25, -0.2) is 0 Å². The highest BCUT2D eigenvalue weighted by atomic mass is 79.9. The molecule has 0 amide bonds. The third-order valence-electron chi connectivity index (χ3n) is 4.76. The predicted octanol–water partition coefficient (Wildman–Crippen LogP) is 4.48. The smallest absolute Gasteiger partial charge is 0.0354 e. The van der Waals surface area contributed by atoms with Gasteiger partial charge in [-0.2, -0.15) is 0 Å². The van der Waals surface area contributed by atoms with Gasteiger partial charge in [0.15, 0.2) is 0 Å². The Morgan fingerprint density at radius 3 is 2.10 bits per heavy atom. The van der Waals surface area contributed by atoms with Crippen molar-refractivity contribution in [3.63, 3.8) is 0 Å². The highest BCUT2D eigenvalue weighted by Gasteiger charge is 2.37. The fourth-order valence-electron chi connectivity index (χ4n) is 3.31. The number of rotatable bonds is 9. The standard InChI is InChI=1S/C18H31BrN2/c1-6-13-20-17(18(7-2,8-3)21(4)5)14-15-9-11-16(19)12-10-15/h9-12,17,20H,6-8,13-14H2,1-5H3. The molecule has 2 nitrogen and oxygen atoms in total. The molecule has 3 heteroatoms. The summed E-state index contributed by atoms with van der Waals surface area (Å²) < 4.78 is 1.15. The van der Waals surface area contributed by atoms with E-state index < -0.39 is 0 Å². The number of nitrogens with one attached hydrogen (secondary N) is 1. The first-order valence-electron chi connectivity index (χ1n) is 8.15. The van der Waals surface area contributed by atoms with Crippen LogP contribution < -0.4 is 5.32 Å². The van der Waals surface area contributed by atoms with Crippen LogP contribution >= 0.6 is 15.9 Å². The molecule has 0 heterocycles. The van der Waals surface area contributed by atoms with Crippen molar-refractivity contribution in [1.82, 2.24) is 10.2 Å². The van der Waals surface area contributed by atoms with E-state index in [1.165, 1.54) is 12.0 Å². The Balaban J connectivity index is 2.99. The molecule has 1 N–H and O–H groups in total. The summed E-state index contributed by atoms with van der Waals surface area (Å²) in [5.74, 6) is 0. The van der Waals surface area contributed by atoms with Gasteiger partial charge >= 0.3 is 0 Å². The van der Waals surface area contributed by atoms with E-state index in [-0.39, 0.29) is 5.54 Å². The van der Waals surface area contributed by atoms with E-state index in [1.54, 1.807) is 0 Å². The molecule has 21 heavy (non-hydrogen) atoms. The molecule has 1 rings (SSSR count). The summed E-state index contributed by atoms with van der Waals surface area (Å²) in [5, 5.41) is 3.80. The number of likely N-dealkylation sites (N-methyl/N-ethyl adjacent to an activating group) is 1. The van der Waals surface area contributed by atoms with Crippen LogP contribution in [0.5, 0.6) is 0 Å². The lowest BCUT2D eigenvalue weighted by Gasteiger charge is -2.46. The predicted molar refractivity (Wildman–Crippen MR) is 96.9 cm³/mol. The molecular formula is C18H31BrN2. The van der Waals surface area contributed by atoms with Crippen molar-refractivity contribution in [2.75, 3.05) is 20.6 Å². The monoisotopic (exact) mass is 354 g/mol. The highest BCUT2D eigenvalue weighted by Crippen LogP contribution is 2.28. The van der Waals surface area contributed by atoms with Crippen molar-refractivity contribution in [3.05, 3.63) is 34.3 Å². The third-order valence-corrected chi connectivity index (χ3v) is 5.29. The fraction of sp³-hybridized carbons (Fsp3) is 0.667. The van der Waals surface area contributed by atoms with Crippen molar-refractivity contribution in [2.45, 2.75) is 58.0 Å². The van der Waals surface area contributed by atoms with Gasteiger partial charge in [0.05, 0.1) is 0 Å². The maximum Gasteiger partial charge on any atom is 0.0354 e. The van der Waals surface area contributed by atoms with E-state index in [2.05, 4.69) is 85.3 Å². The minimum absolute atomic E-state index is 0.211. The number of halogens is 1. The van der Waals surface area contributed by atoms with E-state index >= 15 is 0 Å². The molecule has 1 atom stereocenters. The Kier molecular flexibility index (Phi) is 7.93. The number of hydrogen-bond donors (Lipinski definition) is 1. The average Bonchev–Trinajstić information content (AvgIpc) is 2.48. The van der Waals surface area contributed by atoms with E-state index in [1.807, 2.05) is 0 Å². The number of hydrogen-bond acceptors (Lipinski definition) is 2. The molecule has 0 aliphatic heterocycles. The SMILES string of the molecule is CCCNC(Cc1ccc(Br)cc1)C(CC)(CC)N(C)C. The summed E-state index contributed by atoms with van der Waals surface area (Å²) in [6, 6.07) is 9.22. The second kappa shape index (κ2) is 8.92. The molecule has 0 aromatic heterocycles. The first kappa shape index (κ1) is 18.7. The molecule has 120 valence electrons. The molecular weight excluding hydrogens is 324 g/mol. The largest absolute Gasteiger partial charge is 0.312 e. The van der Waals surface area contributed by atoms with Gasteiger partial charge in [0.25, 0.3) is 0 Å². The van der Waals surface area contributed by atoms with Crippen LogP contribution in [0.3, 0.4) is 0 Å². The molecule has 1 unspecified atom stereocenters. The topological polar surface area (TPSA) is 15.3 Å². The van der Waals surface area contributed by atoms with E-state index in [0.717, 1.165) is 30.3 Å². The average molecular weight is 355 g/mol. The highest BCUT2D eigenvalue weighted by molar-refractivity contribution is 9.10. The molecule has 1 aromatic carbocycles. The van der Waals surface area contributed by atoms with E-state index in [4.69, 9.17) is 0 Å². The minimum Gasteiger partial charge on any atom is -0.312 e. The van der Waals surface area contributed by atoms with Crippen LogP contribution in [0.1, 0.15) is 45.6 Å². The molecule has 0 radical (unpaired) electrons. The molecule has 0 spiro atoms. The lowest BCUT2D eigenvalue weighted by Crippen LogP contribution is -2.59. The maximum absolute atomic E-state index is 3.80. The lowest BCUT2D eigenvalue weighted by molar-refractivity contribution is 0.0881. The van der Waals surface area contributed by atoms with Gasteiger partial charge in [-0.15, -0.1) is 0 Å². The summed E-state index contributed by atoms with van der Waals surface area (Å²) >= 11 is 3.52. The lowest BCUT2D eigenvalue weighted by atomic mass is 9.80. The van der Waals surface area contributed by atoms with Gasteiger partial charge in [-0.3, -0.25) is 0 Å². The second-order valence-corrected chi connectivity index (χ2v) is 6.96. The van der Waals surface area contributed by atoms with Gasteiger partial charge in [-0.1, -0.05) is 48.8 Å².